The number of hydrogen-bond donors (Lipinski definition) is 3. The number of nitrogens with one attached hydrogen (secondary N) is 2. The zero-order chi connectivity index (χ0) is 15.9. The van der Waals surface area contributed by atoms with E-state index in [1.165, 1.54) is 0 Å². The molecule has 0 saturated heterocycles. The van der Waals surface area contributed by atoms with Crippen LogP contribution in [0.15, 0.2) is 53.6 Å². The number of hydrazone groups is 1. The van der Waals surface area contributed by atoms with Crippen molar-refractivity contribution in [3.05, 3.63) is 54.1 Å². The Hall–Kier alpha value is -2.60. The maximum Gasteiger partial charge on any atom is 0.191 e. The molecule has 2 aromatic carbocycles. The van der Waals surface area contributed by atoms with Crippen LogP contribution in [0, 0.1) is 0 Å². The van der Waals surface area contributed by atoms with Crippen LogP contribution in [0.5, 0.6) is 5.75 Å². The number of nitrogens with zero attached hydrogens (tertiary/aromatic N) is 1. The van der Waals surface area contributed by atoms with Crippen molar-refractivity contribution in [3.8, 4) is 5.75 Å². The first kappa shape index (κ1) is 15.8. The molecule has 114 valence electrons. The first-order valence-corrected chi connectivity index (χ1v) is 7.10. The van der Waals surface area contributed by atoms with Gasteiger partial charge in [-0.3, -0.25) is 5.43 Å². The third kappa shape index (κ3) is 4.46. The Bertz CT molecular complexity index is 700. The fraction of sp³-hybridized carbons (Fsp3) is 0.125. The van der Waals surface area contributed by atoms with Crippen LogP contribution in [-0.2, 0) is 0 Å². The van der Waals surface area contributed by atoms with Crippen LogP contribution in [0.3, 0.4) is 0 Å². The van der Waals surface area contributed by atoms with E-state index in [2.05, 4.69) is 15.8 Å². The van der Waals surface area contributed by atoms with Crippen LogP contribution in [0.1, 0.15) is 12.5 Å². The van der Waals surface area contributed by atoms with Gasteiger partial charge in [-0.15, -0.1) is 0 Å². The molecule has 4 N–H and O–H groups in total. The van der Waals surface area contributed by atoms with Crippen LogP contribution in [0.2, 0.25) is 0 Å². The highest BCUT2D eigenvalue weighted by molar-refractivity contribution is 7.80. The number of rotatable bonds is 4. The molecule has 0 aliphatic heterocycles. The summed E-state index contributed by atoms with van der Waals surface area (Å²) in [4.78, 5) is 0. The van der Waals surface area contributed by atoms with Crippen LogP contribution in [-0.4, -0.2) is 17.9 Å². The molecule has 22 heavy (non-hydrogen) atoms. The topological polar surface area (TPSA) is 71.7 Å². The molecule has 2 aromatic rings. The molecular formula is C16H18N4OS. The molecule has 0 bridgehead atoms. The Morgan fingerprint density at radius 2 is 1.95 bits per heavy atom. The molecular weight excluding hydrogens is 296 g/mol. The van der Waals surface area contributed by atoms with Gasteiger partial charge in [-0.1, -0.05) is 18.2 Å². The van der Waals surface area contributed by atoms with E-state index in [0.717, 1.165) is 22.7 Å². The number of nitrogens with two attached hydrogens (primary N) is 1. The van der Waals surface area contributed by atoms with Crippen molar-refractivity contribution in [2.45, 2.75) is 6.92 Å². The van der Waals surface area contributed by atoms with E-state index >= 15 is 0 Å². The third-order valence-electron chi connectivity index (χ3n) is 2.96. The average molecular weight is 314 g/mol. The Balaban J connectivity index is 1.98. The van der Waals surface area contributed by atoms with Crippen molar-refractivity contribution in [1.29, 1.82) is 0 Å². The predicted molar refractivity (Wildman–Crippen MR) is 95.4 cm³/mol. The number of hydrogen-bond acceptors (Lipinski definition) is 4. The van der Waals surface area contributed by atoms with Gasteiger partial charge in [0.2, 0.25) is 0 Å². The van der Waals surface area contributed by atoms with Gasteiger partial charge < -0.3 is 15.8 Å². The van der Waals surface area contributed by atoms with Crippen LogP contribution >= 0.6 is 12.2 Å². The Kier molecular flexibility index (Phi) is 5.32. The largest absolute Gasteiger partial charge is 0.497 e. The summed E-state index contributed by atoms with van der Waals surface area (Å²) in [6.45, 7) is 1.88. The molecule has 0 fully saturated rings. The highest BCUT2D eigenvalue weighted by Gasteiger charge is 2.00. The minimum absolute atomic E-state index is 0.400. The second-order valence-electron chi connectivity index (χ2n) is 4.62. The molecule has 0 radical (unpaired) electrons. The van der Waals surface area contributed by atoms with Gasteiger partial charge in [0.25, 0.3) is 0 Å². The Labute approximate surface area is 135 Å². The number of benzene rings is 2. The van der Waals surface area contributed by atoms with Gasteiger partial charge >= 0.3 is 0 Å². The quantitative estimate of drug-likeness (QED) is 0.350. The number of ether oxygens (including phenoxy) is 1. The molecule has 0 saturated carbocycles. The van der Waals surface area contributed by atoms with Crippen molar-refractivity contribution in [2.24, 2.45) is 5.10 Å². The summed E-state index contributed by atoms with van der Waals surface area (Å²) < 4.78 is 5.16. The van der Waals surface area contributed by atoms with Crippen molar-refractivity contribution in [1.82, 2.24) is 5.43 Å². The van der Waals surface area contributed by atoms with Gasteiger partial charge in [0.15, 0.2) is 5.11 Å². The summed E-state index contributed by atoms with van der Waals surface area (Å²) >= 11 is 5.21. The van der Waals surface area contributed by atoms with Gasteiger partial charge in [0, 0.05) is 17.4 Å². The molecule has 0 aromatic heterocycles. The van der Waals surface area contributed by atoms with Gasteiger partial charge in [-0.2, -0.15) is 5.10 Å². The fourth-order valence-corrected chi connectivity index (χ4v) is 1.99. The highest BCUT2D eigenvalue weighted by atomic mass is 32.1. The average Bonchev–Trinajstić information content (AvgIpc) is 2.52. The Morgan fingerprint density at radius 1 is 1.18 bits per heavy atom. The van der Waals surface area contributed by atoms with E-state index in [9.17, 15) is 0 Å². The van der Waals surface area contributed by atoms with E-state index in [0.29, 0.717) is 10.8 Å². The lowest BCUT2D eigenvalue weighted by atomic mass is 10.1. The normalized spacial score (nSPS) is 10.9. The second-order valence-corrected chi connectivity index (χ2v) is 5.03. The molecule has 6 heteroatoms. The molecule has 0 atom stereocenters. The zero-order valence-electron chi connectivity index (χ0n) is 12.5. The number of anilines is 2. The molecule has 5 nitrogen and oxygen atoms in total. The van der Waals surface area contributed by atoms with Crippen molar-refractivity contribution >= 4 is 34.4 Å². The van der Waals surface area contributed by atoms with Gasteiger partial charge in [0.1, 0.15) is 5.75 Å². The number of methoxy groups -OCH3 is 1. The van der Waals surface area contributed by atoms with E-state index < -0.39 is 0 Å². The monoisotopic (exact) mass is 314 g/mol. The molecule has 0 aliphatic carbocycles. The lowest BCUT2D eigenvalue weighted by Crippen LogP contribution is -2.25. The summed E-state index contributed by atoms with van der Waals surface area (Å²) in [7, 11) is 1.62. The second kappa shape index (κ2) is 7.42. The first-order valence-electron chi connectivity index (χ1n) is 6.70. The van der Waals surface area contributed by atoms with Gasteiger partial charge in [0.05, 0.1) is 12.8 Å². The third-order valence-corrected chi connectivity index (χ3v) is 3.15. The summed E-state index contributed by atoms with van der Waals surface area (Å²) in [5.74, 6) is 0.757. The summed E-state index contributed by atoms with van der Waals surface area (Å²) in [6, 6.07) is 15.0. The maximum atomic E-state index is 5.76. The van der Waals surface area contributed by atoms with E-state index in [4.69, 9.17) is 22.7 Å². The van der Waals surface area contributed by atoms with Crippen molar-refractivity contribution in [3.63, 3.8) is 0 Å². The van der Waals surface area contributed by atoms with E-state index in [-0.39, 0.29) is 0 Å². The summed E-state index contributed by atoms with van der Waals surface area (Å²) in [6.07, 6.45) is 0. The standard InChI is InChI=1S/C16H18N4OS/c1-11(12-5-3-6-13(17)9-12)19-20-16(22)18-14-7-4-8-15(10-14)21-2/h3-10H,17H2,1-2H3,(H2,18,20,22)/b19-11+. The maximum absolute atomic E-state index is 5.76. The van der Waals surface area contributed by atoms with E-state index in [1.807, 2.05) is 55.5 Å². The molecule has 0 aliphatic rings. The van der Waals surface area contributed by atoms with E-state index in [1.54, 1.807) is 7.11 Å². The van der Waals surface area contributed by atoms with Crippen LogP contribution < -0.4 is 21.2 Å². The number of nitrogen functional groups attached to an aromatic ring is 1. The van der Waals surface area contributed by atoms with Crippen LogP contribution in [0.4, 0.5) is 11.4 Å². The zero-order valence-corrected chi connectivity index (χ0v) is 13.3. The summed E-state index contributed by atoms with van der Waals surface area (Å²) in [5.41, 5.74) is 11.8. The molecule has 2 rings (SSSR count). The highest BCUT2D eigenvalue weighted by Crippen LogP contribution is 2.16. The number of thiocarbonyl (C=S) groups is 1. The van der Waals surface area contributed by atoms with Crippen molar-refractivity contribution in [2.75, 3.05) is 18.2 Å². The fourth-order valence-electron chi connectivity index (χ4n) is 1.82. The lowest BCUT2D eigenvalue weighted by molar-refractivity contribution is 0.415. The smallest absolute Gasteiger partial charge is 0.191 e. The SMILES string of the molecule is COc1cccc(NC(=S)N/N=C(\C)c2cccc(N)c2)c1. The van der Waals surface area contributed by atoms with Crippen LogP contribution in [0.25, 0.3) is 0 Å². The predicted octanol–water partition coefficient (Wildman–Crippen LogP) is 2.99. The molecule has 0 heterocycles. The minimum Gasteiger partial charge on any atom is -0.497 e. The van der Waals surface area contributed by atoms with Gasteiger partial charge in [-0.05, 0) is 49.0 Å². The minimum atomic E-state index is 0.400. The van der Waals surface area contributed by atoms with Gasteiger partial charge in [-0.25, -0.2) is 0 Å². The van der Waals surface area contributed by atoms with Crippen molar-refractivity contribution < 1.29 is 4.74 Å². The Morgan fingerprint density at radius 3 is 2.68 bits per heavy atom. The lowest BCUT2D eigenvalue weighted by Gasteiger charge is -2.09. The molecule has 0 unspecified atom stereocenters. The molecule has 0 amide bonds. The molecule has 0 spiro atoms. The first-order chi connectivity index (χ1) is 10.6. The summed E-state index contributed by atoms with van der Waals surface area (Å²) in [5, 5.41) is 7.69.